The third kappa shape index (κ3) is 1.90. The monoisotopic (exact) mass is 276 g/mol. The summed E-state index contributed by atoms with van der Waals surface area (Å²) in [4.78, 5) is 25.6. The van der Waals surface area contributed by atoms with Crippen LogP contribution in [-0.4, -0.2) is 11.6 Å². The molecular weight excluding hydrogens is 248 g/mol. The summed E-state index contributed by atoms with van der Waals surface area (Å²) in [5, 5.41) is 0. The molecule has 4 saturated carbocycles. The molecule has 4 aliphatic carbocycles. The second-order valence-electron chi connectivity index (χ2n) is 8.56. The fourth-order valence-corrected chi connectivity index (χ4v) is 6.06. The molecule has 2 heteroatoms. The van der Waals surface area contributed by atoms with Crippen molar-refractivity contribution in [3.05, 3.63) is 0 Å². The molecule has 112 valence electrons. The van der Waals surface area contributed by atoms with Gasteiger partial charge in [0.25, 0.3) is 0 Å². The molecule has 0 radical (unpaired) electrons. The van der Waals surface area contributed by atoms with Crippen LogP contribution in [0.4, 0.5) is 0 Å². The molecule has 0 N–H and O–H groups in total. The highest BCUT2D eigenvalue weighted by Crippen LogP contribution is 2.66. The van der Waals surface area contributed by atoms with E-state index in [1.807, 2.05) is 27.7 Å². The molecule has 20 heavy (non-hydrogen) atoms. The second-order valence-corrected chi connectivity index (χ2v) is 8.56. The average Bonchev–Trinajstić information content (AvgIpc) is 2.35. The first kappa shape index (κ1) is 14.3. The maximum absolute atomic E-state index is 12.8. The minimum Gasteiger partial charge on any atom is -0.299 e. The smallest absolute Gasteiger partial charge is 0.141 e. The van der Waals surface area contributed by atoms with Crippen molar-refractivity contribution >= 4 is 11.6 Å². The van der Waals surface area contributed by atoms with Gasteiger partial charge < -0.3 is 0 Å². The number of Topliss-reactive ketones (excluding diaryl/α,β-unsaturated/α-hetero) is 2. The molecule has 0 spiro atoms. The van der Waals surface area contributed by atoms with E-state index in [2.05, 4.69) is 0 Å². The summed E-state index contributed by atoms with van der Waals surface area (Å²) in [5.74, 6) is 2.35. The molecule has 0 aromatic heterocycles. The number of hydrogen-bond acceptors (Lipinski definition) is 2. The van der Waals surface area contributed by atoms with Crippen molar-refractivity contribution in [2.45, 2.75) is 66.2 Å². The lowest BCUT2D eigenvalue weighted by molar-refractivity contribution is -0.168. The second kappa shape index (κ2) is 4.42. The topological polar surface area (TPSA) is 34.1 Å². The molecule has 2 nitrogen and oxygen atoms in total. The predicted molar refractivity (Wildman–Crippen MR) is 79.2 cm³/mol. The van der Waals surface area contributed by atoms with Gasteiger partial charge in [0.2, 0.25) is 0 Å². The molecule has 0 atom stereocenters. The highest BCUT2D eigenvalue weighted by Gasteiger charge is 2.62. The molecule has 0 aromatic carbocycles. The first-order chi connectivity index (χ1) is 9.28. The van der Waals surface area contributed by atoms with Crippen molar-refractivity contribution < 1.29 is 9.59 Å². The first-order valence-corrected chi connectivity index (χ1v) is 8.37. The zero-order valence-electron chi connectivity index (χ0n) is 13.4. The van der Waals surface area contributed by atoms with Crippen LogP contribution in [-0.2, 0) is 9.59 Å². The molecule has 4 aliphatic rings. The lowest BCUT2D eigenvalue weighted by atomic mass is 9.41. The molecule has 0 amide bonds. The van der Waals surface area contributed by atoms with Gasteiger partial charge in [0.1, 0.15) is 11.6 Å². The summed E-state index contributed by atoms with van der Waals surface area (Å²) in [6.45, 7) is 8.10. The van der Waals surface area contributed by atoms with Crippen LogP contribution in [0, 0.1) is 34.5 Å². The third-order valence-electron chi connectivity index (χ3n) is 6.16. The minimum absolute atomic E-state index is 0.109. The maximum atomic E-state index is 12.8. The van der Waals surface area contributed by atoms with E-state index in [-0.39, 0.29) is 22.7 Å². The predicted octanol–water partition coefficient (Wildman–Crippen LogP) is 4.02. The first-order valence-electron chi connectivity index (χ1n) is 8.37. The Bertz CT molecular complexity index is 394. The molecule has 0 aromatic rings. The van der Waals surface area contributed by atoms with E-state index in [1.165, 1.54) is 6.42 Å². The Labute approximate surface area is 122 Å². The van der Waals surface area contributed by atoms with E-state index in [0.717, 1.165) is 32.1 Å². The fraction of sp³-hybridized carbons (Fsp3) is 0.889. The van der Waals surface area contributed by atoms with Gasteiger partial charge in [0.15, 0.2) is 0 Å². The quantitative estimate of drug-likeness (QED) is 0.777. The summed E-state index contributed by atoms with van der Waals surface area (Å²) >= 11 is 0. The number of ketones is 2. The van der Waals surface area contributed by atoms with Crippen LogP contribution >= 0.6 is 0 Å². The maximum Gasteiger partial charge on any atom is 0.141 e. The van der Waals surface area contributed by atoms with Crippen molar-refractivity contribution in [1.29, 1.82) is 0 Å². The summed E-state index contributed by atoms with van der Waals surface area (Å²) in [6.07, 6.45) is 6.38. The van der Waals surface area contributed by atoms with Crippen LogP contribution < -0.4 is 0 Å². The zero-order chi connectivity index (χ0) is 14.7. The van der Waals surface area contributed by atoms with E-state index in [0.29, 0.717) is 23.4 Å². The number of carbonyl (C=O) groups excluding carboxylic acids is 2. The van der Waals surface area contributed by atoms with Crippen molar-refractivity contribution in [1.82, 2.24) is 0 Å². The molecule has 0 heterocycles. The summed E-state index contributed by atoms with van der Waals surface area (Å²) < 4.78 is 0. The Hall–Kier alpha value is -0.660. The summed E-state index contributed by atoms with van der Waals surface area (Å²) in [5.41, 5.74) is -0.300. The Morgan fingerprint density at radius 1 is 0.800 bits per heavy atom. The Kier molecular flexibility index (Phi) is 3.15. The Morgan fingerprint density at radius 3 is 1.45 bits per heavy atom. The fourth-order valence-electron chi connectivity index (χ4n) is 6.06. The van der Waals surface area contributed by atoms with Gasteiger partial charge >= 0.3 is 0 Å². The van der Waals surface area contributed by atoms with Crippen LogP contribution in [0.15, 0.2) is 0 Å². The summed E-state index contributed by atoms with van der Waals surface area (Å²) in [6, 6.07) is 0. The standard InChI is InChI=1S/C18H28O2/c1-11(2)15(19)17-6-13-5-14(7-17)9-18(8-13,10-17)16(20)12(3)4/h11-14H,5-10H2,1-4H3. The van der Waals surface area contributed by atoms with E-state index < -0.39 is 0 Å². The average molecular weight is 276 g/mol. The van der Waals surface area contributed by atoms with E-state index in [4.69, 9.17) is 0 Å². The molecular formula is C18H28O2. The number of carbonyl (C=O) groups is 2. The zero-order valence-corrected chi connectivity index (χ0v) is 13.4. The van der Waals surface area contributed by atoms with Gasteiger partial charge in [-0.15, -0.1) is 0 Å². The van der Waals surface area contributed by atoms with Crippen LogP contribution in [0.1, 0.15) is 66.2 Å². The lowest BCUT2D eigenvalue weighted by Gasteiger charge is -2.61. The van der Waals surface area contributed by atoms with Crippen LogP contribution in [0.25, 0.3) is 0 Å². The van der Waals surface area contributed by atoms with E-state index >= 15 is 0 Å². The molecule has 4 fully saturated rings. The van der Waals surface area contributed by atoms with Gasteiger partial charge in [0.05, 0.1) is 0 Å². The van der Waals surface area contributed by atoms with Crippen molar-refractivity contribution in [2.75, 3.05) is 0 Å². The van der Waals surface area contributed by atoms with Gasteiger partial charge in [-0.3, -0.25) is 9.59 Å². The van der Waals surface area contributed by atoms with Crippen LogP contribution in [0.5, 0.6) is 0 Å². The van der Waals surface area contributed by atoms with E-state index in [1.54, 1.807) is 0 Å². The van der Waals surface area contributed by atoms with E-state index in [9.17, 15) is 9.59 Å². The van der Waals surface area contributed by atoms with Gasteiger partial charge in [-0.1, -0.05) is 27.7 Å². The molecule has 0 aliphatic heterocycles. The lowest BCUT2D eigenvalue weighted by Crippen LogP contribution is -2.58. The van der Waals surface area contributed by atoms with Crippen molar-refractivity contribution in [2.24, 2.45) is 34.5 Å². The van der Waals surface area contributed by atoms with Crippen molar-refractivity contribution in [3.8, 4) is 0 Å². The molecule has 4 rings (SSSR count). The molecule has 0 saturated heterocycles. The number of hydrogen-bond donors (Lipinski definition) is 0. The van der Waals surface area contributed by atoms with Gasteiger partial charge in [-0.25, -0.2) is 0 Å². The van der Waals surface area contributed by atoms with Crippen LogP contribution in [0.3, 0.4) is 0 Å². The minimum atomic E-state index is -0.150. The normalized spacial score (nSPS) is 42.5. The Balaban J connectivity index is 1.97. The summed E-state index contributed by atoms with van der Waals surface area (Å²) in [7, 11) is 0. The van der Waals surface area contributed by atoms with Gasteiger partial charge in [-0.05, 0) is 50.4 Å². The SMILES string of the molecule is CC(C)C(=O)C12CC3CC(C1)CC(C(=O)C(C)C)(C3)C2. The molecule has 0 unspecified atom stereocenters. The molecule has 4 bridgehead atoms. The highest BCUT2D eigenvalue weighted by atomic mass is 16.1. The van der Waals surface area contributed by atoms with Gasteiger partial charge in [-0.2, -0.15) is 0 Å². The van der Waals surface area contributed by atoms with Gasteiger partial charge in [0, 0.05) is 22.7 Å². The van der Waals surface area contributed by atoms with Crippen molar-refractivity contribution in [3.63, 3.8) is 0 Å². The Morgan fingerprint density at radius 2 is 1.15 bits per heavy atom. The van der Waals surface area contributed by atoms with Crippen LogP contribution in [0.2, 0.25) is 0 Å². The largest absolute Gasteiger partial charge is 0.299 e. The third-order valence-corrected chi connectivity index (χ3v) is 6.16. The highest BCUT2D eigenvalue weighted by molar-refractivity contribution is 5.91. The number of rotatable bonds is 4.